The number of carbonyl (C=O) groups is 2. The minimum absolute atomic E-state index is 0.0523. The van der Waals surface area contributed by atoms with Crippen LogP contribution in [0.4, 0.5) is 13.2 Å². The van der Waals surface area contributed by atoms with Crippen LogP contribution in [0.3, 0.4) is 0 Å². The Bertz CT molecular complexity index is 1130. The molecule has 0 bridgehead atoms. The van der Waals surface area contributed by atoms with E-state index in [1.165, 1.54) is 0 Å². The number of likely N-dealkylation sites (tertiary alicyclic amines) is 1. The SMILES string of the molecule is O=C(Cc1ccccc1)N1CC[C@@H]2[C@H](CC1)N(Cc1cccnc1)CCS2(=O)=O.O=C(O)C(F)(F)F. The number of alkyl halides is 3. The summed E-state index contributed by atoms with van der Waals surface area (Å²) >= 11 is 0. The third-order valence-corrected chi connectivity index (χ3v) is 8.53. The van der Waals surface area contributed by atoms with Crippen LogP contribution in [0, 0.1) is 0 Å². The van der Waals surface area contributed by atoms with Gasteiger partial charge in [-0.2, -0.15) is 13.2 Å². The predicted octanol–water partition coefficient (Wildman–Crippen LogP) is 2.55. The van der Waals surface area contributed by atoms with Crippen LogP contribution >= 0.6 is 0 Å². The zero-order valence-corrected chi connectivity index (χ0v) is 20.3. The van der Waals surface area contributed by atoms with E-state index in [0.29, 0.717) is 45.4 Å². The number of aromatic nitrogens is 1. The first-order valence-electron chi connectivity index (χ1n) is 11.4. The number of hydrogen-bond acceptors (Lipinski definition) is 6. The predicted molar refractivity (Wildman–Crippen MR) is 126 cm³/mol. The molecule has 2 aliphatic heterocycles. The highest BCUT2D eigenvalue weighted by molar-refractivity contribution is 7.92. The number of carbonyl (C=O) groups excluding carboxylic acids is 1. The van der Waals surface area contributed by atoms with Crippen molar-refractivity contribution in [1.29, 1.82) is 0 Å². The summed E-state index contributed by atoms with van der Waals surface area (Å²) in [5.41, 5.74) is 2.08. The Morgan fingerprint density at radius 2 is 1.64 bits per heavy atom. The number of fused-ring (bicyclic) bond motifs is 1. The smallest absolute Gasteiger partial charge is 0.475 e. The molecule has 0 spiro atoms. The number of hydrogen-bond donors (Lipinski definition) is 1. The fraction of sp³-hybridized carbons (Fsp3) is 0.458. The molecule has 12 heteroatoms. The molecule has 2 aliphatic rings. The summed E-state index contributed by atoms with van der Waals surface area (Å²) in [4.78, 5) is 30.0. The third kappa shape index (κ3) is 7.50. The third-order valence-electron chi connectivity index (χ3n) is 6.30. The van der Waals surface area contributed by atoms with E-state index in [1.807, 2.05) is 53.6 Å². The number of rotatable bonds is 4. The lowest BCUT2D eigenvalue weighted by molar-refractivity contribution is -0.192. The maximum atomic E-state index is 12.8. The van der Waals surface area contributed by atoms with Crippen molar-refractivity contribution in [3.8, 4) is 0 Å². The molecule has 3 heterocycles. The number of aliphatic carboxylic acids is 1. The van der Waals surface area contributed by atoms with E-state index in [0.717, 1.165) is 11.1 Å². The molecule has 2 fully saturated rings. The zero-order chi connectivity index (χ0) is 26.3. The van der Waals surface area contributed by atoms with Gasteiger partial charge in [0, 0.05) is 44.6 Å². The first-order chi connectivity index (χ1) is 17.0. The number of nitrogens with zero attached hydrogens (tertiary/aromatic N) is 3. The lowest BCUT2D eigenvalue weighted by atomic mass is 10.1. The Labute approximate surface area is 207 Å². The van der Waals surface area contributed by atoms with Gasteiger partial charge in [0.15, 0.2) is 9.84 Å². The van der Waals surface area contributed by atoms with Gasteiger partial charge in [-0.05, 0) is 30.0 Å². The van der Waals surface area contributed by atoms with Gasteiger partial charge in [-0.15, -0.1) is 0 Å². The number of carboxylic acids is 1. The van der Waals surface area contributed by atoms with Crippen molar-refractivity contribution in [2.45, 2.75) is 43.3 Å². The zero-order valence-electron chi connectivity index (χ0n) is 19.5. The number of carboxylic acid groups (broad SMARTS) is 1. The Hall–Kier alpha value is -2.99. The van der Waals surface area contributed by atoms with Crippen LogP contribution in [-0.2, 0) is 32.4 Å². The van der Waals surface area contributed by atoms with Crippen molar-refractivity contribution in [2.24, 2.45) is 0 Å². The molecule has 1 N–H and O–H groups in total. The van der Waals surface area contributed by atoms with Crippen LogP contribution in [0.2, 0.25) is 0 Å². The number of amides is 1. The minimum atomic E-state index is -5.08. The monoisotopic (exact) mass is 527 g/mol. The first kappa shape index (κ1) is 27.6. The second kappa shape index (κ2) is 11.8. The van der Waals surface area contributed by atoms with E-state index in [2.05, 4.69) is 9.88 Å². The first-order valence-corrected chi connectivity index (χ1v) is 13.2. The highest BCUT2D eigenvalue weighted by Crippen LogP contribution is 2.29. The second-order valence-corrected chi connectivity index (χ2v) is 11.1. The summed E-state index contributed by atoms with van der Waals surface area (Å²) in [6, 6.07) is 13.6. The van der Waals surface area contributed by atoms with Crippen LogP contribution in [0.25, 0.3) is 0 Å². The van der Waals surface area contributed by atoms with Crippen molar-refractivity contribution < 1.29 is 36.3 Å². The van der Waals surface area contributed by atoms with E-state index in [9.17, 15) is 26.4 Å². The van der Waals surface area contributed by atoms with Crippen LogP contribution in [-0.4, -0.2) is 83.0 Å². The fourth-order valence-electron chi connectivity index (χ4n) is 4.51. The molecule has 196 valence electrons. The van der Waals surface area contributed by atoms with Gasteiger partial charge in [-0.25, -0.2) is 13.2 Å². The summed E-state index contributed by atoms with van der Waals surface area (Å²) in [5.74, 6) is -2.49. The summed E-state index contributed by atoms with van der Waals surface area (Å²) in [5, 5.41) is 6.72. The van der Waals surface area contributed by atoms with Crippen molar-refractivity contribution in [3.05, 3.63) is 66.0 Å². The number of pyridine rings is 1. The number of sulfone groups is 1. The molecule has 36 heavy (non-hydrogen) atoms. The van der Waals surface area contributed by atoms with E-state index in [4.69, 9.17) is 9.90 Å². The average Bonchev–Trinajstić information content (AvgIpc) is 3.07. The van der Waals surface area contributed by atoms with Gasteiger partial charge in [-0.3, -0.25) is 14.7 Å². The summed E-state index contributed by atoms with van der Waals surface area (Å²) in [6.45, 7) is 2.34. The van der Waals surface area contributed by atoms with Gasteiger partial charge in [-0.1, -0.05) is 36.4 Å². The highest BCUT2D eigenvalue weighted by Gasteiger charge is 2.43. The molecule has 0 saturated carbocycles. The molecule has 8 nitrogen and oxygen atoms in total. The topological polar surface area (TPSA) is 108 Å². The number of benzene rings is 1. The van der Waals surface area contributed by atoms with Crippen LogP contribution < -0.4 is 0 Å². The van der Waals surface area contributed by atoms with Crippen molar-refractivity contribution >= 4 is 21.7 Å². The Kier molecular flexibility index (Phi) is 9.07. The standard InChI is InChI=1S/C22H27N3O3S.C2HF3O2/c26-22(15-18-5-2-1-3-6-18)24-11-8-20-21(9-12-24)29(27,28)14-13-25(20)17-19-7-4-10-23-16-19;3-2(4,5)1(6)7/h1-7,10,16,20-21H,8-9,11-15,17H2;(H,6,7)/t20-,21+;/m0./s1. The maximum Gasteiger partial charge on any atom is 0.490 e. The van der Waals surface area contributed by atoms with Gasteiger partial charge in [0.05, 0.1) is 17.4 Å². The van der Waals surface area contributed by atoms with Gasteiger partial charge < -0.3 is 10.0 Å². The Morgan fingerprint density at radius 3 is 2.25 bits per heavy atom. The quantitative estimate of drug-likeness (QED) is 0.651. The van der Waals surface area contributed by atoms with E-state index in [-0.39, 0.29) is 17.7 Å². The molecule has 1 aromatic carbocycles. The second-order valence-electron chi connectivity index (χ2n) is 8.73. The van der Waals surface area contributed by atoms with Crippen LogP contribution in [0.5, 0.6) is 0 Å². The van der Waals surface area contributed by atoms with E-state index in [1.54, 1.807) is 6.20 Å². The van der Waals surface area contributed by atoms with Crippen molar-refractivity contribution in [1.82, 2.24) is 14.8 Å². The van der Waals surface area contributed by atoms with Gasteiger partial charge in [0.25, 0.3) is 0 Å². The van der Waals surface area contributed by atoms with Crippen LogP contribution in [0.1, 0.15) is 24.0 Å². The lowest BCUT2D eigenvalue weighted by Crippen LogP contribution is -2.54. The van der Waals surface area contributed by atoms with E-state index >= 15 is 0 Å². The van der Waals surface area contributed by atoms with Crippen molar-refractivity contribution in [2.75, 3.05) is 25.4 Å². The molecule has 2 aromatic rings. The highest BCUT2D eigenvalue weighted by atomic mass is 32.2. The molecule has 1 amide bonds. The van der Waals surface area contributed by atoms with Crippen molar-refractivity contribution in [3.63, 3.8) is 0 Å². The largest absolute Gasteiger partial charge is 0.490 e. The maximum absolute atomic E-state index is 12.8. The summed E-state index contributed by atoms with van der Waals surface area (Å²) in [6.07, 6.45) is 0.0590. The summed E-state index contributed by atoms with van der Waals surface area (Å²) < 4.78 is 57.3. The molecule has 0 aliphatic carbocycles. The van der Waals surface area contributed by atoms with Gasteiger partial charge >= 0.3 is 12.1 Å². The van der Waals surface area contributed by atoms with Crippen LogP contribution in [0.15, 0.2) is 54.9 Å². The van der Waals surface area contributed by atoms with E-state index < -0.39 is 27.2 Å². The molecule has 0 unspecified atom stereocenters. The Morgan fingerprint density at radius 1 is 1.00 bits per heavy atom. The molecule has 2 atom stereocenters. The fourth-order valence-corrected chi connectivity index (χ4v) is 6.56. The van der Waals surface area contributed by atoms with Gasteiger partial charge in [0.2, 0.25) is 5.91 Å². The Balaban J connectivity index is 0.000000454. The molecule has 0 radical (unpaired) electrons. The lowest BCUT2D eigenvalue weighted by Gasteiger charge is -2.40. The molecule has 1 aromatic heterocycles. The average molecular weight is 528 g/mol. The number of halogens is 3. The van der Waals surface area contributed by atoms with Gasteiger partial charge in [0.1, 0.15) is 0 Å². The molecule has 4 rings (SSSR count). The minimum Gasteiger partial charge on any atom is -0.475 e. The molecular formula is C24H28F3N3O5S. The normalized spacial score (nSPS) is 21.9. The summed E-state index contributed by atoms with van der Waals surface area (Å²) in [7, 11) is -3.14. The molecular weight excluding hydrogens is 499 g/mol. The molecule has 2 saturated heterocycles.